The van der Waals surface area contributed by atoms with Gasteiger partial charge in [-0.2, -0.15) is 0 Å². The molecule has 2 aromatic carbocycles. The van der Waals surface area contributed by atoms with Gasteiger partial charge in [0.2, 0.25) is 0 Å². The van der Waals surface area contributed by atoms with Crippen LogP contribution in [-0.4, -0.2) is 29.6 Å². The molecule has 0 fully saturated rings. The molecule has 0 saturated heterocycles. The van der Waals surface area contributed by atoms with Crippen LogP contribution in [0.15, 0.2) is 52.9 Å². The quantitative estimate of drug-likeness (QED) is 0.324. The summed E-state index contributed by atoms with van der Waals surface area (Å²) in [6.45, 7) is 2.41. The summed E-state index contributed by atoms with van der Waals surface area (Å²) in [5, 5.41) is 18.0. The number of nitrogen functional groups attached to an aromatic ring is 1. The molecule has 0 saturated carbocycles. The van der Waals surface area contributed by atoms with Crippen molar-refractivity contribution in [1.29, 1.82) is 5.41 Å². The minimum absolute atomic E-state index is 0.0275. The minimum atomic E-state index is -0.934. The summed E-state index contributed by atoms with van der Waals surface area (Å²) in [6.07, 6.45) is 1.03. The van der Waals surface area contributed by atoms with Crippen LogP contribution in [-0.2, 0) is 11.2 Å². The van der Waals surface area contributed by atoms with Gasteiger partial charge in [0.15, 0.2) is 0 Å². The second kappa shape index (κ2) is 8.79. The second-order valence-electron chi connectivity index (χ2n) is 7.02. The Balaban J connectivity index is 1.77. The average Bonchev–Trinajstić information content (AvgIpc) is 3.12. The standard InChI is InChI=1S/C22H25N3O4/c1-2-16(23)12-28-17-6-3-13(4-7-17)19(22(26)27)11-18-10-15-9-14(21(24)25)5-8-20(15)29-18/h3-10,16,19H,2,11-12,23H2,1H3,(H3,24,25)(H,26,27)/t16-,19?/m1/s1. The van der Waals surface area contributed by atoms with E-state index in [1.807, 2.05) is 6.92 Å². The number of ether oxygens (including phenoxy) is 1. The Bertz CT molecular complexity index is 1010. The van der Waals surface area contributed by atoms with Crippen LogP contribution in [0, 0.1) is 5.41 Å². The molecule has 7 heteroatoms. The maximum absolute atomic E-state index is 11.9. The van der Waals surface area contributed by atoms with E-state index in [1.54, 1.807) is 48.5 Å². The molecule has 6 N–H and O–H groups in total. The van der Waals surface area contributed by atoms with Gasteiger partial charge in [-0.15, -0.1) is 0 Å². The van der Waals surface area contributed by atoms with E-state index in [4.69, 9.17) is 26.0 Å². The number of nitrogens with one attached hydrogen (secondary N) is 1. The molecule has 7 nitrogen and oxygen atoms in total. The Morgan fingerprint density at radius 1 is 1.21 bits per heavy atom. The summed E-state index contributed by atoms with van der Waals surface area (Å²) in [6, 6.07) is 14.0. The molecule has 29 heavy (non-hydrogen) atoms. The minimum Gasteiger partial charge on any atom is -0.492 e. The van der Waals surface area contributed by atoms with Gasteiger partial charge in [-0.3, -0.25) is 10.2 Å². The van der Waals surface area contributed by atoms with Gasteiger partial charge in [0.1, 0.15) is 29.5 Å². The maximum atomic E-state index is 11.9. The van der Waals surface area contributed by atoms with E-state index in [1.165, 1.54) is 0 Å². The van der Waals surface area contributed by atoms with Crippen molar-refractivity contribution < 1.29 is 19.1 Å². The lowest BCUT2D eigenvalue weighted by Crippen LogP contribution is -2.26. The maximum Gasteiger partial charge on any atom is 0.311 e. The molecule has 1 aromatic heterocycles. The van der Waals surface area contributed by atoms with Crippen LogP contribution in [0.25, 0.3) is 11.0 Å². The number of nitrogens with two attached hydrogens (primary N) is 2. The van der Waals surface area contributed by atoms with E-state index in [0.29, 0.717) is 34.8 Å². The molecule has 0 aliphatic heterocycles. The predicted molar refractivity (Wildman–Crippen MR) is 112 cm³/mol. The van der Waals surface area contributed by atoms with E-state index in [2.05, 4.69) is 0 Å². The lowest BCUT2D eigenvalue weighted by molar-refractivity contribution is -0.138. The monoisotopic (exact) mass is 395 g/mol. The van der Waals surface area contributed by atoms with Gasteiger partial charge >= 0.3 is 5.97 Å². The Morgan fingerprint density at radius 2 is 1.93 bits per heavy atom. The molecule has 0 radical (unpaired) electrons. The van der Waals surface area contributed by atoms with Crippen molar-refractivity contribution in [1.82, 2.24) is 0 Å². The zero-order valence-electron chi connectivity index (χ0n) is 16.2. The molecule has 1 heterocycles. The summed E-state index contributed by atoms with van der Waals surface area (Å²) in [7, 11) is 0. The van der Waals surface area contributed by atoms with Crippen LogP contribution in [0.2, 0.25) is 0 Å². The fourth-order valence-corrected chi connectivity index (χ4v) is 3.03. The van der Waals surface area contributed by atoms with E-state index in [9.17, 15) is 9.90 Å². The van der Waals surface area contributed by atoms with Gasteiger partial charge in [0.05, 0.1) is 5.92 Å². The molecule has 1 unspecified atom stereocenters. The third kappa shape index (κ3) is 4.94. The summed E-state index contributed by atoms with van der Waals surface area (Å²) < 4.78 is 11.4. The third-order valence-corrected chi connectivity index (χ3v) is 4.85. The first kappa shape index (κ1) is 20.4. The van der Waals surface area contributed by atoms with Gasteiger partial charge in [-0.25, -0.2) is 0 Å². The molecule has 0 aliphatic rings. The number of carboxylic acids is 1. The van der Waals surface area contributed by atoms with Crippen LogP contribution in [0.5, 0.6) is 5.75 Å². The Hall–Kier alpha value is -3.32. The van der Waals surface area contributed by atoms with Crippen LogP contribution in [0.3, 0.4) is 0 Å². The highest BCUT2D eigenvalue weighted by atomic mass is 16.5. The van der Waals surface area contributed by atoms with E-state index in [0.717, 1.165) is 11.8 Å². The number of carboxylic acid groups (broad SMARTS) is 1. The van der Waals surface area contributed by atoms with Crippen molar-refractivity contribution in [2.24, 2.45) is 11.5 Å². The normalized spacial score (nSPS) is 13.2. The molecule has 3 aromatic rings. The number of amidine groups is 1. The van der Waals surface area contributed by atoms with Gasteiger partial charge < -0.3 is 25.7 Å². The number of rotatable bonds is 9. The number of carbonyl (C=O) groups is 1. The van der Waals surface area contributed by atoms with Crippen LogP contribution in [0.4, 0.5) is 0 Å². The van der Waals surface area contributed by atoms with Crippen LogP contribution in [0.1, 0.15) is 36.1 Å². The Labute approximate surface area is 168 Å². The van der Waals surface area contributed by atoms with Gasteiger partial charge in [-0.1, -0.05) is 19.1 Å². The van der Waals surface area contributed by atoms with Gasteiger partial charge in [-0.05, 0) is 48.4 Å². The fraction of sp³-hybridized carbons (Fsp3) is 0.273. The third-order valence-electron chi connectivity index (χ3n) is 4.85. The molecular formula is C22H25N3O4. The molecule has 0 aliphatic carbocycles. The zero-order valence-corrected chi connectivity index (χ0v) is 16.2. The smallest absolute Gasteiger partial charge is 0.311 e. The number of aliphatic carboxylic acids is 1. The highest BCUT2D eigenvalue weighted by molar-refractivity contribution is 5.98. The number of fused-ring (bicyclic) bond motifs is 1. The molecule has 152 valence electrons. The van der Waals surface area contributed by atoms with Crippen molar-refractivity contribution in [3.05, 3.63) is 65.4 Å². The zero-order chi connectivity index (χ0) is 21.0. The van der Waals surface area contributed by atoms with Crippen molar-refractivity contribution >= 4 is 22.8 Å². The lowest BCUT2D eigenvalue weighted by Gasteiger charge is -2.14. The predicted octanol–water partition coefficient (Wildman–Crippen LogP) is 3.24. The van der Waals surface area contributed by atoms with Crippen LogP contribution < -0.4 is 16.2 Å². The lowest BCUT2D eigenvalue weighted by atomic mass is 9.94. The Kier molecular flexibility index (Phi) is 6.19. The van der Waals surface area contributed by atoms with Crippen molar-refractivity contribution in [3.63, 3.8) is 0 Å². The highest BCUT2D eigenvalue weighted by Crippen LogP contribution is 2.28. The second-order valence-corrected chi connectivity index (χ2v) is 7.02. The topological polar surface area (TPSA) is 136 Å². The summed E-state index contributed by atoms with van der Waals surface area (Å²) in [5.41, 5.74) is 13.3. The molecular weight excluding hydrogens is 370 g/mol. The van der Waals surface area contributed by atoms with E-state index < -0.39 is 11.9 Å². The summed E-state index contributed by atoms with van der Waals surface area (Å²) >= 11 is 0. The van der Waals surface area contributed by atoms with E-state index >= 15 is 0 Å². The largest absolute Gasteiger partial charge is 0.492 e. The number of hydrogen-bond acceptors (Lipinski definition) is 5. The fourth-order valence-electron chi connectivity index (χ4n) is 3.03. The number of furan rings is 1. The SMILES string of the molecule is CC[C@@H](N)COc1ccc(C(Cc2cc3cc(C(=N)N)ccc3o2)C(=O)O)cc1. The summed E-state index contributed by atoms with van der Waals surface area (Å²) in [5.74, 6) is -0.503. The van der Waals surface area contributed by atoms with Gasteiger partial charge in [0.25, 0.3) is 0 Å². The van der Waals surface area contributed by atoms with Gasteiger partial charge in [0, 0.05) is 23.4 Å². The first-order valence-corrected chi connectivity index (χ1v) is 9.45. The molecule has 2 atom stereocenters. The van der Waals surface area contributed by atoms with Crippen molar-refractivity contribution in [3.8, 4) is 5.75 Å². The van der Waals surface area contributed by atoms with Crippen molar-refractivity contribution in [2.45, 2.75) is 31.7 Å². The molecule has 0 spiro atoms. The van der Waals surface area contributed by atoms with E-state index in [-0.39, 0.29) is 18.3 Å². The first-order valence-electron chi connectivity index (χ1n) is 9.45. The summed E-state index contributed by atoms with van der Waals surface area (Å²) in [4.78, 5) is 11.9. The van der Waals surface area contributed by atoms with Crippen LogP contribution >= 0.6 is 0 Å². The number of hydrogen-bond donors (Lipinski definition) is 4. The average molecular weight is 395 g/mol. The highest BCUT2D eigenvalue weighted by Gasteiger charge is 2.22. The molecule has 0 bridgehead atoms. The first-order chi connectivity index (χ1) is 13.9. The Morgan fingerprint density at radius 3 is 2.55 bits per heavy atom. The molecule has 0 amide bonds. The van der Waals surface area contributed by atoms with Crippen molar-refractivity contribution in [2.75, 3.05) is 6.61 Å². The molecule has 3 rings (SSSR count). The number of benzene rings is 2.